The summed E-state index contributed by atoms with van der Waals surface area (Å²) in [6.45, 7) is 1.95. The number of nitrogens with one attached hydrogen (secondary N) is 3. The fourth-order valence-corrected chi connectivity index (χ4v) is 1.81. The van der Waals surface area contributed by atoms with E-state index >= 15 is 0 Å². The zero-order valence-corrected chi connectivity index (χ0v) is 12.7. The molecule has 0 aliphatic carbocycles. The first-order valence-corrected chi connectivity index (χ1v) is 7.10. The van der Waals surface area contributed by atoms with Crippen molar-refractivity contribution in [1.29, 1.82) is 0 Å². The van der Waals surface area contributed by atoms with Crippen LogP contribution in [0.15, 0.2) is 41.0 Å². The maximum Gasteiger partial charge on any atom is 0.315 e. The van der Waals surface area contributed by atoms with Crippen molar-refractivity contribution in [1.82, 2.24) is 16.0 Å². The number of furan rings is 1. The molecule has 0 radical (unpaired) electrons. The highest BCUT2D eigenvalue weighted by Gasteiger charge is 2.06. The molecular weight excluding hydrogens is 301 g/mol. The SMILES string of the molecule is Cc1ccc(CNC(=O)NCC(=O)NCc2ccco2)cc1F. The van der Waals surface area contributed by atoms with Crippen LogP contribution in [0.3, 0.4) is 0 Å². The van der Waals surface area contributed by atoms with E-state index in [4.69, 9.17) is 4.42 Å². The molecule has 0 saturated carbocycles. The van der Waals surface area contributed by atoms with Crippen LogP contribution in [0, 0.1) is 12.7 Å². The van der Waals surface area contributed by atoms with Crippen LogP contribution in [0.2, 0.25) is 0 Å². The molecule has 1 aromatic heterocycles. The van der Waals surface area contributed by atoms with Crippen LogP contribution in [0.25, 0.3) is 0 Å². The Morgan fingerprint density at radius 2 is 1.96 bits per heavy atom. The first-order valence-electron chi connectivity index (χ1n) is 7.10. The van der Waals surface area contributed by atoms with Gasteiger partial charge in [0, 0.05) is 6.54 Å². The molecule has 23 heavy (non-hydrogen) atoms. The Morgan fingerprint density at radius 1 is 1.13 bits per heavy atom. The molecule has 122 valence electrons. The Labute approximate surface area is 133 Å². The molecule has 0 aliphatic heterocycles. The third kappa shape index (κ3) is 5.46. The molecule has 0 bridgehead atoms. The van der Waals surface area contributed by atoms with Gasteiger partial charge in [-0.25, -0.2) is 9.18 Å². The second-order valence-corrected chi connectivity index (χ2v) is 4.98. The zero-order chi connectivity index (χ0) is 16.7. The summed E-state index contributed by atoms with van der Waals surface area (Å²) >= 11 is 0. The Hall–Kier alpha value is -2.83. The van der Waals surface area contributed by atoms with Gasteiger partial charge in [0.05, 0.1) is 19.4 Å². The number of carbonyl (C=O) groups is 2. The topological polar surface area (TPSA) is 83.4 Å². The highest BCUT2D eigenvalue weighted by molar-refractivity contribution is 5.83. The van der Waals surface area contributed by atoms with Crippen molar-refractivity contribution in [3.63, 3.8) is 0 Å². The smallest absolute Gasteiger partial charge is 0.315 e. The van der Waals surface area contributed by atoms with Gasteiger partial charge in [-0.15, -0.1) is 0 Å². The summed E-state index contributed by atoms with van der Waals surface area (Å²) in [6, 6.07) is 7.70. The van der Waals surface area contributed by atoms with Crippen LogP contribution in [0.5, 0.6) is 0 Å². The van der Waals surface area contributed by atoms with Gasteiger partial charge in [0.15, 0.2) is 0 Å². The van der Waals surface area contributed by atoms with Crippen LogP contribution >= 0.6 is 0 Å². The molecule has 2 rings (SSSR count). The monoisotopic (exact) mass is 319 g/mol. The van der Waals surface area contributed by atoms with Crippen molar-refractivity contribution in [2.45, 2.75) is 20.0 Å². The van der Waals surface area contributed by atoms with Gasteiger partial charge in [-0.3, -0.25) is 4.79 Å². The molecule has 0 unspecified atom stereocenters. The molecule has 3 N–H and O–H groups in total. The predicted octanol–water partition coefficient (Wildman–Crippen LogP) is 1.84. The second kappa shape index (κ2) is 7.98. The highest BCUT2D eigenvalue weighted by atomic mass is 19.1. The lowest BCUT2D eigenvalue weighted by Gasteiger charge is -2.08. The molecule has 3 amide bonds. The van der Waals surface area contributed by atoms with Crippen molar-refractivity contribution in [2.75, 3.05) is 6.54 Å². The van der Waals surface area contributed by atoms with Crippen LogP contribution in [0.1, 0.15) is 16.9 Å². The minimum Gasteiger partial charge on any atom is -0.467 e. The van der Waals surface area contributed by atoms with Gasteiger partial charge in [-0.2, -0.15) is 0 Å². The van der Waals surface area contributed by atoms with Gasteiger partial charge in [0.1, 0.15) is 11.6 Å². The normalized spacial score (nSPS) is 10.2. The summed E-state index contributed by atoms with van der Waals surface area (Å²) in [5.41, 5.74) is 1.19. The molecule has 0 aliphatic rings. The number of halogens is 1. The van der Waals surface area contributed by atoms with Crippen molar-refractivity contribution in [3.8, 4) is 0 Å². The largest absolute Gasteiger partial charge is 0.467 e. The minimum absolute atomic E-state index is 0.158. The average molecular weight is 319 g/mol. The van der Waals surface area contributed by atoms with Gasteiger partial charge in [-0.05, 0) is 36.2 Å². The fourth-order valence-electron chi connectivity index (χ4n) is 1.81. The maximum atomic E-state index is 13.4. The Morgan fingerprint density at radius 3 is 2.65 bits per heavy atom. The number of hydrogen-bond donors (Lipinski definition) is 3. The van der Waals surface area contributed by atoms with E-state index in [0.717, 1.165) is 0 Å². The number of carbonyl (C=O) groups excluding carboxylic acids is 2. The van der Waals surface area contributed by atoms with Crippen molar-refractivity contribution >= 4 is 11.9 Å². The zero-order valence-electron chi connectivity index (χ0n) is 12.7. The Kier molecular flexibility index (Phi) is 5.74. The quantitative estimate of drug-likeness (QED) is 0.760. The number of aryl methyl sites for hydroxylation is 1. The summed E-state index contributed by atoms with van der Waals surface area (Å²) in [4.78, 5) is 23.1. The number of amides is 3. The van der Waals surface area contributed by atoms with E-state index in [1.807, 2.05) is 0 Å². The minimum atomic E-state index is -0.501. The third-order valence-corrected chi connectivity index (χ3v) is 3.14. The average Bonchev–Trinajstić information content (AvgIpc) is 3.05. The van der Waals surface area contributed by atoms with Crippen LogP contribution in [0.4, 0.5) is 9.18 Å². The molecule has 0 spiro atoms. The van der Waals surface area contributed by atoms with E-state index in [1.54, 1.807) is 31.2 Å². The molecule has 0 fully saturated rings. The highest BCUT2D eigenvalue weighted by Crippen LogP contribution is 2.08. The molecule has 2 aromatic rings. The molecule has 0 saturated heterocycles. The van der Waals surface area contributed by atoms with Gasteiger partial charge < -0.3 is 20.4 Å². The molecule has 0 atom stereocenters. The van der Waals surface area contributed by atoms with E-state index < -0.39 is 6.03 Å². The number of hydrogen-bond acceptors (Lipinski definition) is 3. The Bertz CT molecular complexity index is 671. The summed E-state index contributed by atoms with van der Waals surface area (Å²) in [5.74, 6) is -0.0239. The second-order valence-electron chi connectivity index (χ2n) is 4.98. The van der Waals surface area contributed by atoms with Gasteiger partial charge >= 0.3 is 6.03 Å². The third-order valence-electron chi connectivity index (χ3n) is 3.14. The van der Waals surface area contributed by atoms with E-state index in [1.165, 1.54) is 12.3 Å². The van der Waals surface area contributed by atoms with Crippen LogP contribution in [-0.4, -0.2) is 18.5 Å². The predicted molar refractivity (Wildman–Crippen MR) is 81.9 cm³/mol. The van der Waals surface area contributed by atoms with E-state index in [9.17, 15) is 14.0 Å². The number of benzene rings is 1. The molecular formula is C16H18FN3O3. The summed E-state index contributed by atoms with van der Waals surface area (Å²) in [6.07, 6.45) is 1.51. The molecule has 7 heteroatoms. The van der Waals surface area contributed by atoms with E-state index in [0.29, 0.717) is 16.9 Å². The van der Waals surface area contributed by atoms with E-state index in [-0.39, 0.29) is 31.4 Å². The lowest BCUT2D eigenvalue weighted by molar-refractivity contribution is -0.120. The molecule has 1 heterocycles. The summed E-state index contributed by atoms with van der Waals surface area (Å²) in [7, 11) is 0. The molecule has 6 nitrogen and oxygen atoms in total. The van der Waals surface area contributed by atoms with Crippen molar-refractivity contribution in [3.05, 3.63) is 59.3 Å². The van der Waals surface area contributed by atoms with Crippen LogP contribution in [-0.2, 0) is 17.9 Å². The van der Waals surface area contributed by atoms with Gasteiger partial charge in [0.25, 0.3) is 0 Å². The fraction of sp³-hybridized carbons (Fsp3) is 0.250. The summed E-state index contributed by atoms with van der Waals surface area (Å²) in [5, 5.41) is 7.58. The standard InChI is InChI=1S/C16H18FN3O3/c1-11-4-5-12(7-14(11)17)8-19-16(22)20-10-15(21)18-9-13-3-2-6-23-13/h2-7H,8-10H2,1H3,(H,18,21)(H2,19,20,22). The molecule has 1 aromatic carbocycles. The van der Waals surface area contributed by atoms with Crippen molar-refractivity contribution < 1.29 is 18.4 Å². The van der Waals surface area contributed by atoms with Crippen LogP contribution < -0.4 is 16.0 Å². The maximum absolute atomic E-state index is 13.4. The number of rotatable bonds is 6. The van der Waals surface area contributed by atoms with E-state index in [2.05, 4.69) is 16.0 Å². The van der Waals surface area contributed by atoms with Gasteiger partial charge in [0.2, 0.25) is 5.91 Å². The number of urea groups is 1. The first kappa shape index (κ1) is 16.5. The lowest BCUT2D eigenvalue weighted by Crippen LogP contribution is -2.41. The Balaban J connectivity index is 1.66. The van der Waals surface area contributed by atoms with Gasteiger partial charge in [-0.1, -0.05) is 12.1 Å². The first-order chi connectivity index (χ1) is 11.0. The van der Waals surface area contributed by atoms with Crippen molar-refractivity contribution in [2.24, 2.45) is 0 Å². The summed E-state index contributed by atoms with van der Waals surface area (Å²) < 4.78 is 18.4. The lowest BCUT2D eigenvalue weighted by atomic mass is 10.1.